The second-order valence-corrected chi connectivity index (χ2v) is 17.8. The molecular formula is C29H62O3Sn. The van der Waals surface area contributed by atoms with Gasteiger partial charge in [0.15, 0.2) is 0 Å². The van der Waals surface area contributed by atoms with Crippen molar-refractivity contribution in [2.24, 2.45) is 0 Å². The first-order chi connectivity index (χ1) is 16.2. The quantitative estimate of drug-likeness (QED) is 0.0684. The Hall–Kier alpha value is 0.679. The van der Waals surface area contributed by atoms with Gasteiger partial charge in [0.1, 0.15) is 0 Å². The van der Waals surface area contributed by atoms with Crippen LogP contribution in [0.5, 0.6) is 0 Å². The minimum absolute atomic E-state index is 0.849. The molecule has 0 aliphatic heterocycles. The Labute approximate surface area is 215 Å². The molecule has 0 aliphatic rings. The predicted molar refractivity (Wildman–Crippen MR) is 148 cm³/mol. The molecule has 200 valence electrons. The SMILES string of the molecule is CCCCCCC[CH2][Sn]([O]CCCCCCC)([O]CCCCCCC)[O]CCCCCCC. The summed E-state index contributed by atoms with van der Waals surface area (Å²) in [5.41, 5.74) is 0. The maximum absolute atomic E-state index is 6.66. The molecule has 4 heteroatoms. The van der Waals surface area contributed by atoms with Gasteiger partial charge in [-0.3, -0.25) is 0 Å². The summed E-state index contributed by atoms with van der Waals surface area (Å²) in [6, 6.07) is 0. The van der Waals surface area contributed by atoms with E-state index in [1.807, 2.05) is 0 Å². The number of hydrogen-bond acceptors (Lipinski definition) is 3. The first-order valence-electron chi connectivity index (χ1n) is 15.2. The average molecular weight is 578 g/mol. The zero-order chi connectivity index (χ0) is 24.3. The second kappa shape index (κ2) is 27.3. The van der Waals surface area contributed by atoms with Gasteiger partial charge in [0.25, 0.3) is 0 Å². The Morgan fingerprint density at radius 3 is 0.939 bits per heavy atom. The fourth-order valence-electron chi connectivity index (χ4n) is 4.26. The molecule has 0 aromatic rings. The first-order valence-corrected chi connectivity index (χ1v) is 20.7. The molecule has 0 saturated carbocycles. The van der Waals surface area contributed by atoms with Gasteiger partial charge in [0.05, 0.1) is 0 Å². The van der Waals surface area contributed by atoms with Gasteiger partial charge in [-0.15, -0.1) is 0 Å². The summed E-state index contributed by atoms with van der Waals surface area (Å²) in [4.78, 5) is 0. The zero-order valence-corrected chi connectivity index (χ0v) is 26.3. The summed E-state index contributed by atoms with van der Waals surface area (Å²) in [6.45, 7) is 11.7. The van der Waals surface area contributed by atoms with Crippen molar-refractivity contribution in [3.8, 4) is 0 Å². The summed E-state index contributed by atoms with van der Waals surface area (Å²) in [7, 11) is 0. The van der Waals surface area contributed by atoms with Gasteiger partial charge in [0.2, 0.25) is 0 Å². The van der Waals surface area contributed by atoms with E-state index in [4.69, 9.17) is 9.22 Å². The molecule has 0 rings (SSSR count). The Kier molecular flexibility index (Phi) is 27.8. The van der Waals surface area contributed by atoms with Crippen molar-refractivity contribution in [1.29, 1.82) is 0 Å². The third-order valence-corrected chi connectivity index (χ3v) is 14.8. The van der Waals surface area contributed by atoms with Crippen LogP contribution in [0.3, 0.4) is 0 Å². The Morgan fingerprint density at radius 2 is 0.606 bits per heavy atom. The molecule has 0 radical (unpaired) electrons. The van der Waals surface area contributed by atoms with E-state index in [2.05, 4.69) is 27.7 Å². The van der Waals surface area contributed by atoms with E-state index in [-0.39, 0.29) is 0 Å². The van der Waals surface area contributed by atoms with Crippen LogP contribution in [0.1, 0.15) is 163 Å². The van der Waals surface area contributed by atoms with Crippen LogP contribution in [-0.2, 0) is 9.22 Å². The number of unbranched alkanes of at least 4 members (excludes halogenated alkanes) is 17. The minimum atomic E-state index is -3.47. The molecule has 0 amide bonds. The third-order valence-electron chi connectivity index (χ3n) is 6.55. The van der Waals surface area contributed by atoms with Crippen molar-refractivity contribution in [2.75, 3.05) is 19.8 Å². The summed E-state index contributed by atoms with van der Waals surface area (Å²) in [6.07, 6.45) is 27.1. The number of rotatable bonds is 28. The molecule has 0 heterocycles. The molecule has 0 N–H and O–H groups in total. The summed E-state index contributed by atoms with van der Waals surface area (Å²) < 4.78 is 21.1. The average Bonchev–Trinajstić information content (AvgIpc) is 2.83. The van der Waals surface area contributed by atoms with Gasteiger partial charge < -0.3 is 0 Å². The van der Waals surface area contributed by atoms with Crippen molar-refractivity contribution in [3.05, 3.63) is 0 Å². The van der Waals surface area contributed by atoms with Crippen LogP contribution in [0.25, 0.3) is 0 Å². The van der Waals surface area contributed by atoms with Crippen LogP contribution in [0, 0.1) is 0 Å². The van der Waals surface area contributed by atoms with Crippen molar-refractivity contribution < 1.29 is 9.22 Å². The van der Waals surface area contributed by atoms with Crippen LogP contribution < -0.4 is 0 Å². The summed E-state index contributed by atoms with van der Waals surface area (Å²) in [5, 5.41) is 0. The summed E-state index contributed by atoms with van der Waals surface area (Å²) in [5.74, 6) is 0. The van der Waals surface area contributed by atoms with Crippen molar-refractivity contribution in [2.45, 2.75) is 167 Å². The van der Waals surface area contributed by atoms with E-state index < -0.39 is 19.6 Å². The van der Waals surface area contributed by atoms with E-state index in [9.17, 15) is 0 Å². The van der Waals surface area contributed by atoms with E-state index in [1.54, 1.807) is 0 Å². The van der Waals surface area contributed by atoms with Gasteiger partial charge in [-0.2, -0.15) is 0 Å². The van der Waals surface area contributed by atoms with Crippen molar-refractivity contribution in [1.82, 2.24) is 0 Å². The molecule has 0 saturated heterocycles. The third kappa shape index (κ3) is 22.9. The molecule has 3 nitrogen and oxygen atoms in total. The normalized spacial score (nSPS) is 12.0. The topological polar surface area (TPSA) is 27.7 Å². The molecule has 0 spiro atoms. The van der Waals surface area contributed by atoms with E-state index in [0.717, 1.165) is 43.5 Å². The molecule has 0 aromatic heterocycles. The zero-order valence-electron chi connectivity index (χ0n) is 23.4. The molecule has 0 unspecified atom stereocenters. The van der Waals surface area contributed by atoms with Crippen molar-refractivity contribution in [3.63, 3.8) is 0 Å². The molecule has 0 aliphatic carbocycles. The Balaban J connectivity index is 4.74. The molecule has 33 heavy (non-hydrogen) atoms. The van der Waals surface area contributed by atoms with Gasteiger partial charge in [-0.05, 0) is 0 Å². The van der Waals surface area contributed by atoms with E-state index in [1.165, 1.54) is 116 Å². The molecular weight excluding hydrogens is 515 g/mol. The first kappa shape index (κ1) is 33.7. The summed E-state index contributed by atoms with van der Waals surface area (Å²) >= 11 is -3.47. The van der Waals surface area contributed by atoms with E-state index >= 15 is 0 Å². The molecule has 0 atom stereocenters. The van der Waals surface area contributed by atoms with Crippen LogP contribution >= 0.6 is 0 Å². The van der Waals surface area contributed by atoms with Crippen LogP contribution in [-0.4, -0.2) is 39.4 Å². The molecule has 0 bridgehead atoms. The van der Waals surface area contributed by atoms with E-state index in [0.29, 0.717) is 0 Å². The number of hydrogen-bond donors (Lipinski definition) is 0. The second-order valence-electron chi connectivity index (χ2n) is 9.99. The standard InChI is InChI=1S/C8H17.3C7H15O.Sn/c1-3-5-7-8-6-4-2;3*1-2-3-4-5-6-7-8;/h1,3-8H2,2H3;3*2-7H2,1H3;/q;3*-1;+3. The van der Waals surface area contributed by atoms with Crippen LogP contribution in [0.2, 0.25) is 4.44 Å². The Bertz CT molecular complexity index is 295. The fraction of sp³-hybridized carbons (Fsp3) is 1.00. The van der Waals surface area contributed by atoms with Crippen LogP contribution in [0.4, 0.5) is 0 Å². The molecule has 0 fully saturated rings. The van der Waals surface area contributed by atoms with Gasteiger partial charge in [-0.1, -0.05) is 0 Å². The predicted octanol–water partition coefficient (Wildman–Crippen LogP) is 10.2. The van der Waals surface area contributed by atoms with Crippen molar-refractivity contribution >= 4 is 19.6 Å². The monoisotopic (exact) mass is 578 g/mol. The molecule has 0 aromatic carbocycles. The van der Waals surface area contributed by atoms with Gasteiger partial charge in [-0.25, -0.2) is 0 Å². The van der Waals surface area contributed by atoms with Gasteiger partial charge in [0, 0.05) is 0 Å². The maximum atomic E-state index is 6.66. The van der Waals surface area contributed by atoms with Gasteiger partial charge >= 0.3 is 216 Å². The Morgan fingerprint density at radius 1 is 0.333 bits per heavy atom. The van der Waals surface area contributed by atoms with Crippen LogP contribution in [0.15, 0.2) is 0 Å². The fourth-order valence-corrected chi connectivity index (χ4v) is 12.1.